The average Bonchev–Trinajstić information content (AvgIpc) is 3.53. The Morgan fingerprint density at radius 1 is 1.00 bits per heavy atom. The lowest BCUT2D eigenvalue weighted by molar-refractivity contribution is -0.117. The second-order valence-electron chi connectivity index (χ2n) is 7.74. The molecule has 6 nitrogen and oxygen atoms in total. The maximum Gasteiger partial charge on any atom is 0.341 e. The molecule has 1 aromatic heterocycles. The van der Waals surface area contributed by atoms with E-state index in [4.69, 9.17) is 14.2 Å². The summed E-state index contributed by atoms with van der Waals surface area (Å²) in [5.74, 6) is 1.08. The maximum absolute atomic E-state index is 13.0. The van der Waals surface area contributed by atoms with Crippen LogP contribution in [0.4, 0.5) is 5.00 Å². The summed E-state index contributed by atoms with van der Waals surface area (Å²) in [6.07, 6.45) is 0.782. The van der Waals surface area contributed by atoms with Crippen LogP contribution in [0, 0.1) is 5.92 Å². The van der Waals surface area contributed by atoms with Crippen LogP contribution in [0.5, 0.6) is 11.5 Å². The summed E-state index contributed by atoms with van der Waals surface area (Å²) in [4.78, 5) is 25.8. The molecule has 0 radical (unpaired) electrons. The van der Waals surface area contributed by atoms with Gasteiger partial charge in [-0.25, -0.2) is 4.79 Å². The van der Waals surface area contributed by atoms with Gasteiger partial charge < -0.3 is 19.5 Å². The van der Waals surface area contributed by atoms with E-state index < -0.39 is 5.97 Å². The number of esters is 1. The van der Waals surface area contributed by atoms with E-state index in [-0.39, 0.29) is 24.3 Å². The number of hydrogen-bond donors (Lipinski definition) is 1. The molecule has 0 saturated heterocycles. The fourth-order valence-electron chi connectivity index (χ4n) is 3.87. The first-order valence-electron chi connectivity index (χ1n) is 11.0. The first kappa shape index (κ1) is 22.9. The maximum atomic E-state index is 13.0. The zero-order valence-corrected chi connectivity index (χ0v) is 19.7. The van der Waals surface area contributed by atoms with Gasteiger partial charge in [-0.15, -0.1) is 11.3 Å². The molecule has 7 heteroatoms. The van der Waals surface area contributed by atoms with Gasteiger partial charge in [0, 0.05) is 16.9 Å². The van der Waals surface area contributed by atoms with Crippen molar-refractivity contribution in [3.05, 3.63) is 65.0 Å². The van der Waals surface area contributed by atoms with Crippen LogP contribution >= 0.6 is 11.3 Å². The van der Waals surface area contributed by atoms with E-state index in [0.29, 0.717) is 17.2 Å². The highest BCUT2D eigenvalue weighted by Crippen LogP contribution is 2.49. The van der Waals surface area contributed by atoms with Gasteiger partial charge in [-0.3, -0.25) is 4.79 Å². The number of thiophene rings is 1. The quantitative estimate of drug-likeness (QED) is 0.408. The number of hydrogen-bond acceptors (Lipinski definition) is 6. The predicted octanol–water partition coefficient (Wildman–Crippen LogP) is 5.74. The van der Waals surface area contributed by atoms with Crippen molar-refractivity contribution >= 4 is 28.2 Å². The molecular formula is C26H27NO5S. The Morgan fingerprint density at radius 2 is 1.70 bits per heavy atom. The molecule has 2 unspecified atom stereocenters. The van der Waals surface area contributed by atoms with Gasteiger partial charge in [0.2, 0.25) is 5.91 Å². The van der Waals surface area contributed by atoms with Gasteiger partial charge in [0.25, 0.3) is 0 Å². The highest BCUT2D eigenvalue weighted by atomic mass is 32.1. The molecule has 3 aromatic rings. The Morgan fingerprint density at radius 3 is 2.33 bits per heavy atom. The zero-order valence-electron chi connectivity index (χ0n) is 18.9. The number of methoxy groups -OCH3 is 1. The molecule has 1 fully saturated rings. The summed E-state index contributed by atoms with van der Waals surface area (Å²) < 4.78 is 16.0. The van der Waals surface area contributed by atoms with Crippen LogP contribution in [-0.4, -0.2) is 32.2 Å². The number of ether oxygens (including phenoxy) is 3. The summed E-state index contributed by atoms with van der Waals surface area (Å²) in [5.41, 5.74) is 3.10. The molecule has 0 bridgehead atoms. The topological polar surface area (TPSA) is 73.9 Å². The third kappa shape index (κ3) is 5.03. The van der Waals surface area contributed by atoms with E-state index in [0.717, 1.165) is 34.6 Å². The molecular weight excluding hydrogens is 438 g/mol. The smallest absolute Gasteiger partial charge is 0.341 e. The number of benzene rings is 2. The summed E-state index contributed by atoms with van der Waals surface area (Å²) in [6.45, 7) is 4.54. The Kier molecular flexibility index (Phi) is 6.99. The van der Waals surface area contributed by atoms with E-state index >= 15 is 0 Å². The molecule has 0 aliphatic heterocycles. The fraction of sp³-hybridized carbons (Fsp3) is 0.308. The Bertz CT molecular complexity index is 1120. The van der Waals surface area contributed by atoms with E-state index in [1.165, 1.54) is 11.3 Å². The molecule has 1 amide bonds. The highest BCUT2D eigenvalue weighted by Gasteiger charge is 2.44. The number of anilines is 1. The van der Waals surface area contributed by atoms with Gasteiger partial charge in [0.05, 0.1) is 20.3 Å². The second-order valence-corrected chi connectivity index (χ2v) is 8.62. The summed E-state index contributed by atoms with van der Waals surface area (Å²) in [6, 6.07) is 15.4. The molecule has 2 aromatic carbocycles. The van der Waals surface area contributed by atoms with Crippen molar-refractivity contribution in [1.29, 1.82) is 0 Å². The fourth-order valence-corrected chi connectivity index (χ4v) is 4.83. The van der Waals surface area contributed by atoms with Gasteiger partial charge in [-0.05, 0) is 61.6 Å². The first-order chi connectivity index (χ1) is 16.0. The van der Waals surface area contributed by atoms with Crippen molar-refractivity contribution in [1.82, 2.24) is 0 Å². The van der Waals surface area contributed by atoms with Crippen LogP contribution in [0.2, 0.25) is 0 Å². The summed E-state index contributed by atoms with van der Waals surface area (Å²) >= 11 is 1.33. The minimum absolute atomic E-state index is 0.0820. The number of carbonyl (C=O) groups excluding carboxylic acids is 2. The average molecular weight is 466 g/mol. The van der Waals surface area contributed by atoms with Crippen molar-refractivity contribution in [2.24, 2.45) is 5.92 Å². The van der Waals surface area contributed by atoms with Crippen LogP contribution in [0.15, 0.2) is 53.9 Å². The minimum atomic E-state index is -0.444. The summed E-state index contributed by atoms with van der Waals surface area (Å²) in [7, 11) is 1.63. The lowest BCUT2D eigenvalue weighted by Crippen LogP contribution is -2.16. The van der Waals surface area contributed by atoms with Gasteiger partial charge in [0.1, 0.15) is 22.1 Å². The molecule has 1 aliphatic carbocycles. The largest absolute Gasteiger partial charge is 0.497 e. The Labute approximate surface area is 197 Å². The predicted molar refractivity (Wildman–Crippen MR) is 129 cm³/mol. The lowest BCUT2D eigenvalue weighted by atomic mass is 10.0. The molecule has 1 heterocycles. The van der Waals surface area contributed by atoms with Crippen LogP contribution < -0.4 is 14.8 Å². The molecule has 0 spiro atoms. The van der Waals surface area contributed by atoms with Crippen molar-refractivity contribution < 1.29 is 23.8 Å². The Hall–Kier alpha value is -3.32. The zero-order chi connectivity index (χ0) is 23.4. The van der Waals surface area contributed by atoms with Gasteiger partial charge in [-0.1, -0.05) is 24.3 Å². The van der Waals surface area contributed by atoms with Gasteiger partial charge >= 0.3 is 5.97 Å². The standard InChI is InChI=1S/C26H27NO5S/c1-4-31-19-12-8-17(9-13-19)22-15-33-25(23(22)26(29)32-5-2)27-24(28)21-14-20(21)16-6-10-18(30-3)11-7-16/h6-13,15,20-21H,4-5,14H2,1-3H3,(H,27,28). The van der Waals surface area contributed by atoms with Crippen LogP contribution in [0.3, 0.4) is 0 Å². The van der Waals surface area contributed by atoms with E-state index in [2.05, 4.69) is 5.32 Å². The first-order valence-corrected chi connectivity index (χ1v) is 11.9. The van der Waals surface area contributed by atoms with E-state index in [1.807, 2.05) is 60.8 Å². The highest BCUT2D eigenvalue weighted by molar-refractivity contribution is 7.15. The van der Waals surface area contributed by atoms with E-state index in [9.17, 15) is 9.59 Å². The van der Waals surface area contributed by atoms with Crippen LogP contribution in [0.1, 0.15) is 42.1 Å². The molecule has 1 N–H and O–H groups in total. The van der Waals surface area contributed by atoms with Gasteiger partial charge in [-0.2, -0.15) is 0 Å². The molecule has 1 saturated carbocycles. The number of carbonyl (C=O) groups is 2. The SMILES string of the molecule is CCOC(=O)c1c(-c2ccc(OCC)cc2)csc1NC(=O)C1CC1c1ccc(OC)cc1. The number of nitrogens with one attached hydrogen (secondary N) is 1. The molecule has 2 atom stereocenters. The lowest BCUT2D eigenvalue weighted by Gasteiger charge is -2.10. The normalized spacial score (nSPS) is 16.7. The Balaban J connectivity index is 1.53. The monoisotopic (exact) mass is 465 g/mol. The third-order valence-electron chi connectivity index (χ3n) is 5.65. The number of amides is 1. The van der Waals surface area contributed by atoms with Crippen LogP contribution in [-0.2, 0) is 9.53 Å². The van der Waals surface area contributed by atoms with Crippen molar-refractivity contribution in [3.8, 4) is 22.6 Å². The van der Waals surface area contributed by atoms with E-state index in [1.54, 1.807) is 14.0 Å². The number of rotatable bonds is 9. The van der Waals surface area contributed by atoms with Crippen molar-refractivity contribution in [3.63, 3.8) is 0 Å². The van der Waals surface area contributed by atoms with Crippen molar-refractivity contribution in [2.75, 3.05) is 25.6 Å². The third-order valence-corrected chi connectivity index (χ3v) is 6.55. The molecule has 1 aliphatic rings. The minimum Gasteiger partial charge on any atom is -0.497 e. The van der Waals surface area contributed by atoms with Crippen molar-refractivity contribution in [2.45, 2.75) is 26.2 Å². The summed E-state index contributed by atoms with van der Waals surface area (Å²) in [5, 5.41) is 5.38. The molecule has 172 valence electrons. The molecule has 33 heavy (non-hydrogen) atoms. The van der Waals surface area contributed by atoms with Crippen LogP contribution in [0.25, 0.3) is 11.1 Å². The molecule has 4 rings (SSSR count). The van der Waals surface area contributed by atoms with Gasteiger partial charge in [0.15, 0.2) is 0 Å². The second kappa shape index (κ2) is 10.1.